The number of rotatable bonds is 6. The summed E-state index contributed by atoms with van der Waals surface area (Å²) in [6, 6.07) is 12.8. The van der Waals surface area contributed by atoms with Crippen molar-refractivity contribution in [3.05, 3.63) is 58.7 Å². The Morgan fingerprint density at radius 2 is 1.88 bits per heavy atom. The number of hydrogen-bond acceptors (Lipinski definition) is 6. The van der Waals surface area contributed by atoms with E-state index in [1.54, 1.807) is 18.2 Å². The highest BCUT2D eigenvalue weighted by Gasteiger charge is 2.07. The fourth-order valence-electron chi connectivity index (χ4n) is 2.11. The van der Waals surface area contributed by atoms with Crippen LogP contribution < -0.4 is 15.4 Å². The maximum Gasteiger partial charge on any atom is 0.249 e. The fourth-order valence-corrected chi connectivity index (χ4v) is 2.41. The van der Waals surface area contributed by atoms with Crippen LogP contribution >= 0.6 is 23.2 Å². The van der Waals surface area contributed by atoms with Crippen molar-refractivity contribution in [2.24, 2.45) is 0 Å². The molecule has 0 atom stereocenters. The molecule has 0 unspecified atom stereocenters. The standard InChI is InChI=1S/C17H15Cl2N5O/c1-2-25-15-6-4-3-5-14(15)22-17-23-16(10-20-24-17)21-11-7-8-12(18)13(19)9-11/h3-10H,2H2,1H3,(H2,21,22,23,24). The molecule has 6 nitrogen and oxygen atoms in total. The van der Waals surface area contributed by atoms with Gasteiger partial charge in [0.25, 0.3) is 0 Å². The molecule has 128 valence electrons. The summed E-state index contributed by atoms with van der Waals surface area (Å²) in [5.74, 6) is 1.58. The van der Waals surface area contributed by atoms with Gasteiger partial charge >= 0.3 is 0 Å². The van der Waals surface area contributed by atoms with Crippen LogP contribution in [-0.2, 0) is 0 Å². The van der Waals surface area contributed by atoms with Gasteiger partial charge in [0.15, 0.2) is 5.82 Å². The molecule has 0 aliphatic rings. The van der Waals surface area contributed by atoms with E-state index in [4.69, 9.17) is 27.9 Å². The zero-order chi connectivity index (χ0) is 17.6. The zero-order valence-corrected chi connectivity index (χ0v) is 14.8. The molecule has 0 saturated heterocycles. The van der Waals surface area contributed by atoms with Crippen LogP contribution in [0, 0.1) is 0 Å². The maximum absolute atomic E-state index is 6.02. The minimum Gasteiger partial charge on any atom is -0.492 e. The van der Waals surface area contributed by atoms with E-state index in [9.17, 15) is 0 Å². The Hall–Kier alpha value is -2.57. The Labute approximate surface area is 155 Å². The molecular formula is C17H15Cl2N5O. The number of halogens is 2. The Morgan fingerprint density at radius 1 is 1.04 bits per heavy atom. The fraction of sp³-hybridized carbons (Fsp3) is 0.118. The van der Waals surface area contributed by atoms with Crippen molar-refractivity contribution >= 4 is 46.3 Å². The topological polar surface area (TPSA) is 72.0 Å². The summed E-state index contributed by atoms with van der Waals surface area (Å²) in [7, 11) is 0. The Kier molecular flexibility index (Phi) is 5.53. The van der Waals surface area contributed by atoms with Crippen LogP contribution in [-0.4, -0.2) is 21.8 Å². The molecule has 25 heavy (non-hydrogen) atoms. The Morgan fingerprint density at radius 3 is 2.68 bits per heavy atom. The molecule has 8 heteroatoms. The highest BCUT2D eigenvalue weighted by molar-refractivity contribution is 6.42. The van der Waals surface area contributed by atoms with Gasteiger partial charge in [0.05, 0.1) is 28.5 Å². The van der Waals surface area contributed by atoms with Crippen LogP contribution in [0.25, 0.3) is 0 Å². The van der Waals surface area contributed by atoms with E-state index in [-0.39, 0.29) is 0 Å². The molecule has 0 fully saturated rings. The molecule has 0 radical (unpaired) electrons. The largest absolute Gasteiger partial charge is 0.492 e. The molecule has 0 saturated carbocycles. The summed E-state index contributed by atoms with van der Waals surface area (Å²) < 4.78 is 5.58. The Bertz CT molecular complexity index is 875. The van der Waals surface area contributed by atoms with Crippen molar-refractivity contribution in [1.29, 1.82) is 0 Å². The summed E-state index contributed by atoms with van der Waals surface area (Å²) in [6.07, 6.45) is 1.52. The van der Waals surface area contributed by atoms with Crippen molar-refractivity contribution in [1.82, 2.24) is 15.2 Å². The van der Waals surface area contributed by atoms with Gasteiger partial charge in [0.1, 0.15) is 5.75 Å². The van der Waals surface area contributed by atoms with Crippen LogP contribution in [0.5, 0.6) is 5.75 Å². The molecule has 1 heterocycles. The second kappa shape index (κ2) is 8.00. The van der Waals surface area contributed by atoms with Gasteiger partial charge in [0, 0.05) is 5.69 Å². The first-order chi connectivity index (χ1) is 12.2. The number of nitrogens with zero attached hydrogens (tertiary/aromatic N) is 3. The molecule has 0 bridgehead atoms. The van der Waals surface area contributed by atoms with Gasteiger partial charge in [-0.15, -0.1) is 5.10 Å². The monoisotopic (exact) mass is 375 g/mol. The van der Waals surface area contributed by atoms with Gasteiger partial charge in [0.2, 0.25) is 5.95 Å². The third-order valence-corrected chi connectivity index (χ3v) is 3.92. The lowest BCUT2D eigenvalue weighted by molar-refractivity contribution is 0.342. The predicted octanol–water partition coefficient (Wildman–Crippen LogP) is 5.06. The number of aromatic nitrogens is 3. The van der Waals surface area contributed by atoms with Crippen LogP contribution in [0.1, 0.15) is 6.92 Å². The molecule has 3 rings (SSSR count). The van der Waals surface area contributed by atoms with Crippen LogP contribution in [0.3, 0.4) is 0 Å². The first-order valence-corrected chi connectivity index (χ1v) is 8.32. The summed E-state index contributed by atoms with van der Waals surface area (Å²) in [5.41, 5.74) is 1.51. The maximum atomic E-state index is 6.02. The van der Waals surface area contributed by atoms with Gasteiger partial charge < -0.3 is 15.4 Å². The number of ether oxygens (including phenoxy) is 1. The van der Waals surface area contributed by atoms with Crippen LogP contribution in [0.2, 0.25) is 10.0 Å². The minimum absolute atomic E-state index is 0.345. The normalized spacial score (nSPS) is 10.4. The van der Waals surface area contributed by atoms with E-state index in [0.29, 0.717) is 28.4 Å². The second-order valence-corrected chi connectivity index (χ2v) is 5.79. The van der Waals surface area contributed by atoms with E-state index in [2.05, 4.69) is 25.8 Å². The number of anilines is 4. The van der Waals surface area contributed by atoms with Gasteiger partial charge in [-0.1, -0.05) is 35.3 Å². The minimum atomic E-state index is 0.345. The number of hydrogen-bond donors (Lipinski definition) is 2. The SMILES string of the molecule is CCOc1ccccc1Nc1nncc(Nc2ccc(Cl)c(Cl)c2)n1. The van der Waals surface area contributed by atoms with Gasteiger partial charge in [-0.3, -0.25) is 0 Å². The molecule has 0 spiro atoms. The molecule has 2 aromatic carbocycles. The average Bonchev–Trinajstić information content (AvgIpc) is 2.61. The molecule has 0 aliphatic heterocycles. The summed E-state index contributed by atoms with van der Waals surface area (Å²) >= 11 is 11.9. The third-order valence-electron chi connectivity index (χ3n) is 3.18. The number of para-hydroxylation sites is 2. The lowest BCUT2D eigenvalue weighted by Crippen LogP contribution is -2.04. The average molecular weight is 376 g/mol. The van der Waals surface area contributed by atoms with Gasteiger partial charge in [-0.25, -0.2) is 0 Å². The van der Waals surface area contributed by atoms with Crippen LogP contribution in [0.15, 0.2) is 48.7 Å². The van der Waals surface area contributed by atoms with E-state index in [0.717, 1.165) is 17.1 Å². The van der Waals surface area contributed by atoms with Crippen molar-refractivity contribution in [2.75, 3.05) is 17.2 Å². The summed E-state index contributed by atoms with van der Waals surface area (Å²) in [6.45, 7) is 2.49. The van der Waals surface area contributed by atoms with E-state index in [1.807, 2.05) is 31.2 Å². The molecule has 0 aliphatic carbocycles. The number of benzene rings is 2. The molecule has 0 amide bonds. The van der Waals surface area contributed by atoms with E-state index in [1.165, 1.54) is 6.20 Å². The predicted molar refractivity (Wildman–Crippen MR) is 100 cm³/mol. The lowest BCUT2D eigenvalue weighted by Gasteiger charge is -2.11. The molecular weight excluding hydrogens is 361 g/mol. The molecule has 2 N–H and O–H groups in total. The van der Waals surface area contributed by atoms with Crippen LogP contribution in [0.4, 0.5) is 23.1 Å². The van der Waals surface area contributed by atoms with E-state index < -0.39 is 0 Å². The van der Waals surface area contributed by atoms with Gasteiger partial charge in [-0.2, -0.15) is 10.1 Å². The highest BCUT2D eigenvalue weighted by Crippen LogP contribution is 2.28. The van der Waals surface area contributed by atoms with Crippen molar-refractivity contribution < 1.29 is 4.74 Å². The zero-order valence-electron chi connectivity index (χ0n) is 13.3. The third kappa shape index (κ3) is 4.49. The number of nitrogens with one attached hydrogen (secondary N) is 2. The smallest absolute Gasteiger partial charge is 0.249 e. The van der Waals surface area contributed by atoms with Gasteiger partial charge in [-0.05, 0) is 37.3 Å². The van der Waals surface area contributed by atoms with Crippen molar-refractivity contribution in [3.63, 3.8) is 0 Å². The first kappa shape index (κ1) is 17.3. The quantitative estimate of drug-likeness (QED) is 0.626. The van der Waals surface area contributed by atoms with E-state index >= 15 is 0 Å². The molecule has 3 aromatic rings. The van der Waals surface area contributed by atoms with Crippen molar-refractivity contribution in [3.8, 4) is 5.75 Å². The van der Waals surface area contributed by atoms with Crippen molar-refractivity contribution in [2.45, 2.75) is 6.92 Å². The lowest BCUT2D eigenvalue weighted by atomic mass is 10.3. The highest BCUT2D eigenvalue weighted by atomic mass is 35.5. The Balaban J connectivity index is 1.78. The summed E-state index contributed by atoms with van der Waals surface area (Å²) in [5, 5.41) is 15.1. The second-order valence-electron chi connectivity index (χ2n) is 4.97. The molecule has 1 aromatic heterocycles. The summed E-state index contributed by atoms with van der Waals surface area (Å²) in [4.78, 5) is 4.39. The first-order valence-electron chi connectivity index (χ1n) is 7.56.